The van der Waals surface area contributed by atoms with E-state index in [1.165, 1.54) is 0 Å². The van der Waals surface area contributed by atoms with Crippen LogP contribution < -0.4 is 0 Å². The van der Waals surface area contributed by atoms with E-state index in [0.29, 0.717) is 34.2 Å². The zero-order valence-electron chi connectivity index (χ0n) is 27.6. The Balaban J connectivity index is 1.05. The summed E-state index contributed by atoms with van der Waals surface area (Å²) >= 11 is 0. The number of nitrogens with zero attached hydrogens (tertiary/aromatic N) is 3. The largest absolute Gasteiger partial charge is 0.456 e. The summed E-state index contributed by atoms with van der Waals surface area (Å²) in [5.74, 6) is 1.40. The highest BCUT2D eigenvalue weighted by atomic mass is 32.2. The molecule has 0 N–H and O–H groups in total. The van der Waals surface area contributed by atoms with Crippen molar-refractivity contribution in [2.45, 2.75) is 9.79 Å². The van der Waals surface area contributed by atoms with E-state index < -0.39 is 9.84 Å². The average molecular weight is 690 g/mol. The van der Waals surface area contributed by atoms with Crippen molar-refractivity contribution < 1.29 is 12.8 Å². The number of hydrogen-bond acceptors (Lipinski definition) is 6. The Kier molecular flexibility index (Phi) is 6.78. The van der Waals surface area contributed by atoms with Crippen molar-refractivity contribution in [3.05, 3.63) is 164 Å². The molecule has 246 valence electrons. The van der Waals surface area contributed by atoms with Crippen LogP contribution in [0.5, 0.6) is 0 Å². The van der Waals surface area contributed by atoms with Crippen molar-refractivity contribution in [2.75, 3.05) is 0 Å². The fraction of sp³-hybridized carbons (Fsp3) is 0. The summed E-state index contributed by atoms with van der Waals surface area (Å²) in [6.07, 6.45) is 0. The number of hydrogen-bond donors (Lipinski definition) is 0. The summed E-state index contributed by atoms with van der Waals surface area (Å²) in [5, 5.41) is 2.01. The number of sulfone groups is 1. The van der Waals surface area contributed by atoms with Crippen LogP contribution >= 0.6 is 0 Å². The first-order valence-corrected chi connectivity index (χ1v) is 18.4. The van der Waals surface area contributed by atoms with Gasteiger partial charge in [-0.1, -0.05) is 133 Å². The predicted octanol–water partition coefficient (Wildman–Crippen LogP) is 10.9. The minimum Gasteiger partial charge on any atom is -0.456 e. The van der Waals surface area contributed by atoms with Crippen LogP contribution in [0.15, 0.2) is 178 Å². The van der Waals surface area contributed by atoms with E-state index in [-0.39, 0.29) is 9.79 Å². The molecule has 1 aliphatic heterocycles. The lowest BCUT2D eigenvalue weighted by Crippen LogP contribution is -2.01. The summed E-state index contributed by atoms with van der Waals surface area (Å²) in [6.45, 7) is 0. The van der Waals surface area contributed by atoms with Gasteiger partial charge in [0.25, 0.3) is 0 Å². The zero-order chi connectivity index (χ0) is 34.8. The van der Waals surface area contributed by atoms with Crippen LogP contribution in [0.2, 0.25) is 0 Å². The molecule has 7 aromatic carbocycles. The fourth-order valence-electron chi connectivity index (χ4n) is 7.07. The lowest BCUT2D eigenvalue weighted by atomic mass is 9.98. The molecule has 0 fully saturated rings. The van der Waals surface area contributed by atoms with Gasteiger partial charge in [-0.15, -0.1) is 0 Å². The lowest BCUT2D eigenvalue weighted by Gasteiger charge is -2.10. The van der Waals surface area contributed by atoms with E-state index in [9.17, 15) is 8.42 Å². The van der Waals surface area contributed by atoms with E-state index in [4.69, 9.17) is 19.4 Å². The van der Waals surface area contributed by atoms with Crippen molar-refractivity contribution in [1.82, 2.24) is 15.0 Å². The van der Waals surface area contributed by atoms with Gasteiger partial charge in [-0.3, -0.25) is 0 Å². The number of para-hydroxylation sites is 1. The molecule has 7 heteroatoms. The van der Waals surface area contributed by atoms with Crippen LogP contribution in [0.25, 0.3) is 89.5 Å². The van der Waals surface area contributed by atoms with E-state index in [1.807, 2.05) is 121 Å². The number of furan rings is 1. The number of rotatable bonds is 5. The Bertz CT molecular complexity index is 2960. The smallest absolute Gasteiger partial charge is 0.207 e. The van der Waals surface area contributed by atoms with Crippen LogP contribution in [0.3, 0.4) is 0 Å². The fourth-order valence-corrected chi connectivity index (χ4v) is 8.81. The molecule has 0 saturated heterocycles. The van der Waals surface area contributed by atoms with Crippen molar-refractivity contribution >= 4 is 31.8 Å². The highest BCUT2D eigenvalue weighted by molar-refractivity contribution is 7.92. The molecule has 3 heterocycles. The molecule has 2 aromatic heterocycles. The average Bonchev–Trinajstić information content (AvgIpc) is 3.69. The van der Waals surface area contributed by atoms with Crippen molar-refractivity contribution in [3.63, 3.8) is 0 Å². The molecule has 6 nitrogen and oxygen atoms in total. The van der Waals surface area contributed by atoms with Gasteiger partial charge in [-0.25, -0.2) is 23.4 Å². The molecule has 0 aliphatic carbocycles. The Morgan fingerprint density at radius 1 is 0.365 bits per heavy atom. The van der Waals surface area contributed by atoms with Crippen LogP contribution in [0, 0.1) is 0 Å². The quantitative estimate of drug-likeness (QED) is 0.179. The third kappa shape index (κ3) is 4.93. The zero-order valence-corrected chi connectivity index (χ0v) is 28.4. The van der Waals surface area contributed by atoms with Gasteiger partial charge in [0.1, 0.15) is 11.2 Å². The second-order valence-corrected chi connectivity index (χ2v) is 14.7. The molecule has 9 aromatic rings. The molecule has 0 amide bonds. The Morgan fingerprint density at radius 3 is 1.50 bits per heavy atom. The summed E-state index contributed by atoms with van der Waals surface area (Å²) < 4.78 is 34.5. The first-order valence-electron chi connectivity index (χ1n) is 16.9. The van der Waals surface area contributed by atoms with E-state index in [1.54, 1.807) is 12.1 Å². The van der Waals surface area contributed by atoms with Gasteiger partial charge in [0.2, 0.25) is 9.84 Å². The summed E-state index contributed by atoms with van der Waals surface area (Å²) in [6, 6.07) is 53.0. The second-order valence-electron chi connectivity index (χ2n) is 12.9. The third-order valence-corrected chi connectivity index (χ3v) is 11.6. The topological polar surface area (TPSA) is 86.0 Å². The number of aromatic nitrogens is 3. The molecule has 0 atom stereocenters. The molecule has 0 saturated carbocycles. The summed E-state index contributed by atoms with van der Waals surface area (Å²) in [7, 11) is -3.84. The minimum absolute atomic E-state index is 0.240. The SMILES string of the molecule is O=S1(=O)c2cc(-c3ccc4oc5ccccc5c4c3)ccc2-c2ccc(-c3nc(-c4ccccc4)nc(-c4ccc(-c5ccccc5)cc4)n3)cc21. The lowest BCUT2D eigenvalue weighted by molar-refractivity contribution is 0.598. The standard InChI is InChI=1S/C45H27N3O3S/c49-52(50)41-26-33(32-21-24-40-38(25-32)35-13-7-8-14-39(35)51-40)19-22-36(41)37-23-20-34(27-42(37)52)45-47-43(30-11-5-2-6-12-30)46-44(48-45)31-17-15-29(16-18-31)28-9-3-1-4-10-28/h1-27H. The van der Waals surface area contributed by atoms with Gasteiger partial charge in [0.05, 0.1) is 9.79 Å². The van der Waals surface area contributed by atoms with Gasteiger partial charge in [-0.05, 0) is 52.6 Å². The number of benzene rings is 7. The van der Waals surface area contributed by atoms with Crippen molar-refractivity contribution in [1.29, 1.82) is 0 Å². The first-order chi connectivity index (χ1) is 25.5. The van der Waals surface area contributed by atoms with Crippen LogP contribution in [-0.4, -0.2) is 23.4 Å². The van der Waals surface area contributed by atoms with Gasteiger partial charge < -0.3 is 4.42 Å². The molecular weight excluding hydrogens is 663 g/mol. The van der Waals surface area contributed by atoms with Gasteiger partial charge in [0.15, 0.2) is 17.5 Å². The van der Waals surface area contributed by atoms with Gasteiger partial charge >= 0.3 is 0 Å². The van der Waals surface area contributed by atoms with E-state index in [0.717, 1.165) is 55.3 Å². The molecule has 1 aliphatic rings. The van der Waals surface area contributed by atoms with Crippen molar-refractivity contribution in [2.24, 2.45) is 0 Å². The van der Waals surface area contributed by atoms with Crippen LogP contribution in [0.4, 0.5) is 0 Å². The van der Waals surface area contributed by atoms with Gasteiger partial charge in [-0.2, -0.15) is 0 Å². The molecular formula is C45H27N3O3S. The molecule has 0 bridgehead atoms. The molecule has 0 spiro atoms. The maximum atomic E-state index is 14.2. The number of fused-ring (bicyclic) bond motifs is 6. The predicted molar refractivity (Wildman–Crippen MR) is 205 cm³/mol. The van der Waals surface area contributed by atoms with Gasteiger partial charge in [0, 0.05) is 38.6 Å². The molecule has 0 radical (unpaired) electrons. The Hall–Kier alpha value is -6.70. The minimum atomic E-state index is -3.84. The Morgan fingerprint density at radius 2 is 0.808 bits per heavy atom. The summed E-state index contributed by atoms with van der Waals surface area (Å²) in [4.78, 5) is 15.1. The van der Waals surface area contributed by atoms with E-state index in [2.05, 4.69) is 30.3 Å². The van der Waals surface area contributed by atoms with Crippen LogP contribution in [0.1, 0.15) is 0 Å². The molecule has 52 heavy (non-hydrogen) atoms. The maximum Gasteiger partial charge on any atom is 0.207 e. The highest BCUT2D eigenvalue weighted by Gasteiger charge is 2.34. The highest BCUT2D eigenvalue weighted by Crippen LogP contribution is 2.46. The molecule has 10 rings (SSSR count). The normalized spacial score (nSPS) is 12.9. The van der Waals surface area contributed by atoms with Crippen LogP contribution in [-0.2, 0) is 9.84 Å². The maximum absolute atomic E-state index is 14.2. The third-order valence-electron chi connectivity index (χ3n) is 9.72. The summed E-state index contributed by atoms with van der Waals surface area (Å²) in [5.41, 5.74) is 9.15. The van der Waals surface area contributed by atoms with Crippen molar-refractivity contribution in [3.8, 4) is 67.5 Å². The second kappa shape index (κ2) is 11.7. The first kappa shape index (κ1) is 30.2. The molecule has 0 unspecified atom stereocenters. The monoisotopic (exact) mass is 689 g/mol. The van der Waals surface area contributed by atoms with E-state index >= 15 is 0 Å². The Labute approximate surface area is 299 Å².